The monoisotopic (exact) mass is 466 g/mol. The molecule has 0 spiro atoms. The Labute approximate surface area is 198 Å². The van der Waals surface area contributed by atoms with E-state index in [2.05, 4.69) is 25.5 Å². The van der Waals surface area contributed by atoms with Crippen molar-refractivity contribution in [3.63, 3.8) is 0 Å². The number of carbonyl (C=O) groups is 1. The lowest BCUT2D eigenvalue weighted by molar-refractivity contribution is -0.116. The number of benzene rings is 1. The molecular formula is C24H30N6O4. The van der Waals surface area contributed by atoms with Crippen LogP contribution in [0.15, 0.2) is 30.3 Å². The number of ether oxygens (including phenoxy) is 3. The number of hydrogen-bond acceptors (Lipinski definition) is 8. The van der Waals surface area contributed by atoms with Crippen molar-refractivity contribution in [1.82, 2.24) is 20.0 Å². The van der Waals surface area contributed by atoms with E-state index in [-0.39, 0.29) is 5.91 Å². The standard InChI is InChI=1S/C24H30N6O4/c1-16-19(6-10-24(31)25-20-15-18(32-3)5-7-21(20)33-4)17(2)30(28-16)23-9-8-22(26-27-23)29-11-13-34-14-12-29/h5,7-9,15H,6,10-14H2,1-4H3,(H,25,31). The Morgan fingerprint density at radius 2 is 1.79 bits per heavy atom. The predicted molar refractivity (Wildman–Crippen MR) is 128 cm³/mol. The summed E-state index contributed by atoms with van der Waals surface area (Å²) in [7, 11) is 3.14. The van der Waals surface area contributed by atoms with E-state index in [0.717, 1.165) is 35.9 Å². The first kappa shape index (κ1) is 23.5. The Morgan fingerprint density at radius 3 is 2.47 bits per heavy atom. The summed E-state index contributed by atoms with van der Waals surface area (Å²) in [6.45, 7) is 6.93. The van der Waals surface area contributed by atoms with Crippen molar-refractivity contribution in [3.05, 3.63) is 47.3 Å². The van der Waals surface area contributed by atoms with E-state index in [9.17, 15) is 4.79 Å². The van der Waals surface area contributed by atoms with Gasteiger partial charge in [-0.3, -0.25) is 4.79 Å². The highest BCUT2D eigenvalue weighted by atomic mass is 16.5. The summed E-state index contributed by atoms with van der Waals surface area (Å²) in [5, 5.41) is 16.3. The molecule has 0 radical (unpaired) electrons. The van der Waals surface area contributed by atoms with Gasteiger partial charge in [0.25, 0.3) is 0 Å². The van der Waals surface area contributed by atoms with Crippen LogP contribution in [0.1, 0.15) is 23.4 Å². The average Bonchev–Trinajstić information content (AvgIpc) is 3.16. The first-order valence-electron chi connectivity index (χ1n) is 11.2. The van der Waals surface area contributed by atoms with Gasteiger partial charge in [-0.25, -0.2) is 4.68 Å². The Kier molecular flexibility index (Phi) is 7.27. The second-order valence-corrected chi connectivity index (χ2v) is 8.02. The van der Waals surface area contributed by atoms with Crippen LogP contribution < -0.4 is 19.7 Å². The molecule has 4 rings (SSSR count). The fourth-order valence-electron chi connectivity index (χ4n) is 4.02. The van der Waals surface area contributed by atoms with E-state index in [1.807, 2.05) is 26.0 Å². The molecule has 1 aliphatic rings. The minimum atomic E-state index is -0.118. The Balaban J connectivity index is 1.43. The van der Waals surface area contributed by atoms with Crippen molar-refractivity contribution >= 4 is 17.4 Å². The van der Waals surface area contributed by atoms with Crippen LogP contribution in [-0.2, 0) is 16.0 Å². The van der Waals surface area contributed by atoms with Crippen molar-refractivity contribution in [2.24, 2.45) is 0 Å². The third-order valence-electron chi connectivity index (χ3n) is 5.91. The van der Waals surface area contributed by atoms with Gasteiger partial charge in [0.1, 0.15) is 11.5 Å². The quantitative estimate of drug-likeness (QED) is 0.541. The zero-order valence-corrected chi connectivity index (χ0v) is 20.0. The van der Waals surface area contributed by atoms with Gasteiger partial charge in [0.15, 0.2) is 11.6 Å². The molecule has 2 aromatic heterocycles. The number of carbonyl (C=O) groups excluding carboxylic acids is 1. The molecule has 1 N–H and O–H groups in total. The molecule has 0 atom stereocenters. The summed E-state index contributed by atoms with van der Waals surface area (Å²) >= 11 is 0. The molecule has 3 aromatic rings. The van der Waals surface area contributed by atoms with Gasteiger partial charge in [0.05, 0.1) is 38.8 Å². The molecule has 0 unspecified atom stereocenters. The number of aromatic nitrogens is 4. The number of morpholine rings is 1. The Bertz CT molecular complexity index is 1140. The highest BCUT2D eigenvalue weighted by Crippen LogP contribution is 2.29. The van der Waals surface area contributed by atoms with Crippen LogP contribution in [0.3, 0.4) is 0 Å². The van der Waals surface area contributed by atoms with Crippen LogP contribution >= 0.6 is 0 Å². The molecule has 0 saturated carbocycles. The van der Waals surface area contributed by atoms with Crippen LogP contribution in [0.4, 0.5) is 11.5 Å². The molecular weight excluding hydrogens is 436 g/mol. The molecule has 0 bridgehead atoms. The fraction of sp³-hybridized carbons (Fsp3) is 0.417. The van der Waals surface area contributed by atoms with Gasteiger partial charge < -0.3 is 24.4 Å². The predicted octanol–water partition coefficient (Wildman–Crippen LogP) is 2.70. The minimum Gasteiger partial charge on any atom is -0.497 e. The van der Waals surface area contributed by atoms with Crippen LogP contribution in [0.5, 0.6) is 11.5 Å². The zero-order valence-electron chi connectivity index (χ0n) is 20.0. The van der Waals surface area contributed by atoms with Crippen LogP contribution in [0.25, 0.3) is 5.82 Å². The number of rotatable bonds is 8. The molecule has 3 heterocycles. The number of nitrogens with one attached hydrogen (secondary N) is 1. The number of aryl methyl sites for hydroxylation is 1. The van der Waals surface area contributed by atoms with Gasteiger partial charge >= 0.3 is 0 Å². The van der Waals surface area contributed by atoms with Gasteiger partial charge in [-0.1, -0.05) is 0 Å². The van der Waals surface area contributed by atoms with Gasteiger partial charge in [0, 0.05) is 31.3 Å². The molecule has 34 heavy (non-hydrogen) atoms. The van der Waals surface area contributed by atoms with Crippen molar-refractivity contribution in [2.75, 3.05) is 50.7 Å². The van der Waals surface area contributed by atoms with E-state index < -0.39 is 0 Å². The van der Waals surface area contributed by atoms with Gasteiger partial charge in [0.2, 0.25) is 5.91 Å². The van der Waals surface area contributed by atoms with Crippen LogP contribution in [0.2, 0.25) is 0 Å². The van der Waals surface area contributed by atoms with Gasteiger partial charge in [-0.05, 0) is 50.1 Å². The van der Waals surface area contributed by atoms with Crippen molar-refractivity contribution in [3.8, 4) is 17.3 Å². The minimum absolute atomic E-state index is 0.118. The zero-order chi connectivity index (χ0) is 24.1. The smallest absolute Gasteiger partial charge is 0.224 e. The summed E-state index contributed by atoms with van der Waals surface area (Å²) in [4.78, 5) is 14.8. The van der Waals surface area contributed by atoms with E-state index in [4.69, 9.17) is 14.2 Å². The number of hydrogen-bond donors (Lipinski definition) is 1. The van der Waals surface area contributed by atoms with E-state index in [0.29, 0.717) is 49.1 Å². The fourth-order valence-corrected chi connectivity index (χ4v) is 4.02. The third kappa shape index (κ3) is 5.12. The SMILES string of the molecule is COc1ccc(OC)c(NC(=O)CCc2c(C)nn(-c3ccc(N4CCOCC4)nn3)c2C)c1. The molecule has 1 amide bonds. The highest BCUT2D eigenvalue weighted by molar-refractivity contribution is 5.92. The second-order valence-electron chi connectivity index (χ2n) is 8.02. The number of amides is 1. The summed E-state index contributed by atoms with van der Waals surface area (Å²) < 4.78 is 17.8. The maximum absolute atomic E-state index is 12.7. The normalized spacial score (nSPS) is 13.6. The molecule has 10 heteroatoms. The summed E-state index contributed by atoms with van der Waals surface area (Å²) in [5.41, 5.74) is 3.40. The summed E-state index contributed by atoms with van der Waals surface area (Å²) in [6.07, 6.45) is 0.852. The topological polar surface area (TPSA) is 104 Å². The molecule has 10 nitrogen and oxygen atoms in total. The number of anilines is 2. The molecule has 1 saturated heterocycles. The third-order valence-corrected chi connectivity index (χ3v) is 5.91. The molecule has 1 aromatic carbocycles. The van der Waals surface area contributed by atoms with Crippen molar-refractivity contribution in [1.29, 1.82) is 0 Å². The lowest BCUT2D eigenvalue weighted by Gasteiger charge is -2.27. The summed E-state index contributed by atoms with van der Waals surface area (Å²) in [6, 6.07) is 9.16. The lowest BCUT2D eigenvalue weighted by Crippen LogP contribution is -2.36. The summed E-state index contributed by atoms with van der Waals surface area (Å²) in [5.74, 6) is 2.58. The first-order chi connectivity index (χ1) is 16.5. The molecule has 0 aliphatic carbocycles. The van der Waals surface area contributed by atoms with Gasteiger partial charge in [-0.15, -0.1) is 10.2 Å². The maximum atomic E-state index is 12.7. The molecule has 1 fully saturated rings. The first-order valence-corrected chi connectivity index (χ1v) is 11.2. The Hall–Kier alpha value is -3.66. The maximum Gasteiger partial charge on any atom is 0.224 e. The van der Waals surface area contributed by atoms with Crippen LogP contribution in [-0.4, -0.2) is 66.4 Å². The highest BCUT2D eigenvalue weighted by Gasteiger charge is 2.18. The Morgan fingerprint density at radius 1 is 1.06 bits per heavy atom. The van der Waals surface area contributed by atoms with Crippen molar-refractivity contribution in [2.45, 2.75) is 26.7 Å². The van der Waals surface area contributed by atoms with Crippen LogP contribution in [0, 0.1) is 13.8 Å². The second kappa shape index (κ2) is 10.5. The van der Waals surface area contributed by atoms with E-state index in [1.54, 1.807) is 37.1 Å². The van der Waals surface area contributed by atoms with E-state index in [1.165, 1.54) is 0 Å². The number of nitrogens with zero attached hydrogens (tertiary/aromatic N) is 5. The average molecular weight is 467 g/mol. The van der Waals surface area contributed by atoms with Gasteiger partial charge in [-0.2, -0.15) is 5.10 Å². The number of methoxy groups -OCH3 is 2. The largest absolute Gasteiger partial charge is 0.497 e. The molecule has 1 aliphatic heterocycles. The lowest BCUT2D eigenvalue weighted by atomic mass is 10.1. The van der Waals surface area contributed by atoms with E-state index >= 15 is 0 Å². The molecule has 180 valence electrons. The van der Waals surface area contributed by atoms with Crippen molar-refractivity contribution < 1.29 is 19.0 Å².